The van der Waals surface area contributed by atoms with Gasteiger partial charge in [0.05, 0.1) is 6.10 Å². The number of hydrogen-bond donors (Lipinski definition) is 1. The molecular formula is C7H14O. The van der Waals surface area contributed by atoms with E-state index in [0.717, 1.165) is 6.42 Å². The van der Waals surface area contributed by atoms with Gasteiger partial charge in [-0.1, -0.05) is 13.0 Å². The second-order valence-corrected chi connectivity index (χ2v) is 2.24. The van der Waals surface area contributed by atoms with Crippen LogP contribution in [0.4, 0.5) is 0 Å². The number of rotatable bonds is 3. The van der Waals surface area contributed by atoms with Crippen molar-refractivity contribution < 1.29 is 5.11 Å². The summed E-state index contributed by atoms with van der Waals surface area (Å²) in [7, 11) is 0. The molecule has 0 heterocycles. The Kier molecular flexibility index (Phi) is 3.53. The van der Waals surface area contributed by atoms with Crippen LogP contribution >= 0.6 is 0 Å². The summed E-state index contributed by atoms with van der Waals surface area (Å²) in [4.78, 5) is 0. The van der Waals surface area contributed by atoms with Gasteiger partial charge in [0, 0.05) is 0 Å². The van der Waals surface area contributed by atoms with Crippen LogP contribution in [-0.4, -0.2) is 11.2 Å². The van der Waals surface area contributed by atoms with Crippen molar-refractivity contribution in [1.29, 1.82) is 0 Å². The molecule has 0 fully saturated rings. The fraction of sp³-hybridized carbons (Fsp3) is 0.714. The Morgan fingerprint density at radius 1 is 1.62 bits per heavy atom. The van der Waals surface area contributed by atoms with Crippen LogP contribution in [0.5, 0.6) is 0 Å². The molecule has 0 bridgehead atoms. The average molecular weight is 114 g/mol. The molecule has 0 amide bonds. The molecule has 0 radical (unpaired) electrons. The third-order valence-corrected chi connectivity index (χ3v) is 1.36. The largest absolute Gasteiger partial charge is 0.393 e. The van der Waals surface area contributed by atoms with Crippen LogP contribution in [0.2, 0.25) is 0 Å². The molecule has 1 N–H and O–H groups in total. The van der Waals surface area contributed by atoms with E-state index in [9.17, 15) is 0 Å². The van der Waals surface area contributed by atoms with Crippen LogP contribution in [-0.2, 0) is 0 Å². The molecule has 8 heavy (non-hydrogen) atoms. The number of aliphatic hydroxyl groups excluding tert-OH is 1. The smallest absolute Gasteiger partial charge is 0.0540 e. The lowest BCUT2D eigenvalue weighted by Crippen LogP contribution is -2.11. The quantitative estimate of drug-likeness (QED) is 0.552. The second-order valence-electron chi connectivity index (χ2n) is 2.24. The van der Waals surface area contributed by atoms with Crippen molar-refractivity contribution >= 4 is 0 Å². The monoisotopic (exact) mass is 114 g/mol. The summed E-state index contributed by atoms with van der Waals surface area (Å²) in [6.45, 7) is 7.38. The van der Waals surface area contributed by atoms with Crippen molar-refractivity contribution in [2.45, 2.75) is 26.4 Å². The Morgan fingerprint density at radius 2 is 2.12 bits per heavy atom. The highest BCUT2D eigenvalue weighted by Gasteiger charge is 2.04. The van der Waals surface area contributed by atoms with E-state index >= 15 is 0 Å². The molecule has 0 aliphatic carbocycles. The van der Waals surface area contributed by atoms with Gasteiger partial charge < -0.3 is 5.11 Å². The molecule has 0 saturated heterocycles. The van der Waals surface area contributed by atoms with Crippen LogP contribution in [0.3, 0.4) is 0 Å². The van der Waals surface area contributed by atoms with Crippen molar-refractivity contribution in [2.24, 2.45) is 5.92 Å². The molecule has 0 unspecified atom stereocenters. The van der Waals surface area contributed by atoms with Gasteiger partial charge in [0.15, 0.2) is 0 Å². The van der Waals surface area contributed by atoms with E-state index in [2.05, 4.69) is 6.58 Å². The Balaban J connectivity index is 3.30. The summed E-state index contributed by atoms with van der Waals surface area (Å²) in [6, 6.07) is 0. The molecule has 0 rings (SSSR count). The van der Waals surface area contributed by atoms with Gasteiger partial charge in [-0.3, -0.25) is 0 Å². The van der Waals surface area contributed by atoms with Crippen LogP contribution in [0.15, 0.2) is 12.7 Å². The summed E-state index contributed by atoms with van der Waals surface area (Å²) < 4.78 is 0. The highest BCUT2D eigenvalue weighted by molar-refractivity contribution is 4.72. The highest BCUT2D eigenvalue weighted by atomic mass is 16.3. The number of aliphatic hydroxyl groups is 1. The minimum Gasteiger partial charge on any atom is -0.393 e. The van der Waals surface area contributed by atoms with Gasteiger partial charge in [-0.25, -0.2) is 0 Å². The molecule has 0 aromatic heterocycles. The highest BCUT2D eigenvalue weighted by Crippen LogP contribution is 2.06. The van der Waals surface area contributed by atoms with Crippen molar-refractivity contribution in [3.8, 4) is 0 Å². The first kappa shape index (κ1) is 7.70. The Bertz CT molecular complexity index is 66.8. The van der Waals surface area contributed by atoms with Crippen LogP contribution in [0, 0.1) is 5.92 Å². The average Bonchev–Trinajstić information content (AvgIpc) is 1.67. The van der Waals surface area contributed by atoms with Crippen molar-refractivity contribution in [1.82, 2.24) is 0 Å². The fourth-order valence-electron chi connectivity index (χ4n) is 0.460. The van der Waals surface area contributed by atoms with E-state index in [-0.39, 0.29) is 6.10 Å². The lowest BCUT2D eigenvalue weighted by atomic mass is 10.0. The molecule has 0 spiro atoms. The summed E-state index contributed by atoms with van der Waals surface area (Å²) in [5, 5.41) is 8.90. The normalized spacial score (nSPS) is 17.4. The molecule has 0 aromatic rings. The van der Waals surface area contributed by atoms with Gasteiger partial charge in [-0.05, 0) is 19.3 Å². The van der Waals surface area contributed by atoms with Gasteiger partial charge >= 0.3 is 0 Å². The van der Waals surface area contributed by atoms with Crippen LogP contribution in [0.1, 0.15) is 20.3 Å². The predicted molar refractivity (Wildman–Crippen MR) is 35.7 cm³/mol. The van der Waals surface area contributed by atoms with Crippen LogP contribution in [0.25, 0.3) is 0 Å². The van der Waals surface area contributed by atoms with E-state index < -0.39 is 0 Å². The van der Waals surface area contributed by atoms with Crippen LogP contribution < -0.4 is 0 Å². The Hall–Kier alpha value is -0.300. The van der Waals surface area contributed by atoms with E-state index in [4.69, 9.17) is 5.11 Å². The minimum atomic E-state index is -0.201. The van der Waals surface area contributed by atoms with Gasteiger partial charge in [0.1, 0.15) is 0 Å². The zero-order valence-electron chi connectivity index (χ0n) is 5.59. The van der Waals surface area contributed by atoms with Gasteiger partial charge in [0.2, 0.25) is 0 Å². The second kappa shape index (κ2) is 3.67. The molecule has 0 aromatic carbocycles. The lowest BCUT2D eigenvalue weighted by molar-refractivity contribution is 0.136. The predicted octanol–water partition coefficient (Wildman–Crippen LogP) is 1.58. The summed E-state index contributed by atoms with van der Waals surface area (Å²) in [5.41, 5.74) is 0. The van der Waals surface area contributed by atoms with E-state index in [1.165, 1.54) is 0 Å². The maximum atomic E-state index is 8.90. The van der Waals surface area contributed by atoms with Gasteiger partial charge in [0.25, 0.3) is 0 Å². The Labute approximate surface area is 51.0 Å². The molecular weight excluding hydrogens is 100 g/mol. The van der Waals surface area contributed by atoms with E-state index in [0.29, 0.717) is 5.92 Å². The first-order chi connectivity index (χ1) is 3.68. The van der Waals surface area contributed by atoms with Gasteiger partial charge in [-0.15, -0.1) is 6.58 Å². The van der Waals surface area contributed by atoms with Crippen molar-refractivity contribution in [3.05, 3.63) is 12.7 Å². The topological polar surface area (TPSA) is 20.2 Å². The third kappa shape index (κ3) is 2.80. The zero-order valence-corrected chi connectivity index (χ0v) is 5.59. The summed E-state index contributed by atoms with van der Waals surface area (Å²) >= 11 is 0. The maximum Gasteiger partial charge on any atom is 0.0540 e. The molecule has 0 saturated carbocycles. The fourth-order valence-corrected chi connectivity index (χ4v) is 0.460. The summed E-state index contributed by atoms with van der Waals surface area (Å²) in [5.74, 6) is 0.354. The molecule has 48 valence electrons. The Morgan fingerprint density at radius 3 is 2.25 bits per heavy atom. The van der Waals surface area contributed by atoms with Crippen molar-refractivity contribution in [2.75, 3.05) is 0 Å². The summed E-state index contributed by atoms with van der Waals surface area (Å²) in [6.07, 6.45) is 2.53. The van der Waals surface area contributed by atoms with E-state index in [1.54, 1.807) is 6.92 Å². The molecule has 0 aliphatic heterocycles. The first-order valence-corrected chi connectivity index (χ1v) is 2.97. The minimum absolute atomic E-state index is 0.201. The molecule has 0 aliphatic rings. The maximum absolute atomic E-state index is 8.90. The number of allylic oxidation sites excluding steroid dienone is 1. The molecule has 1 heteroatoms. The zero-order chi connectivity index (χ0) is 6.57. The SMILES string of the molecule is C=CC[C@@H](C)[C@H](C)O. The van der Waals surface area contributed by atoms with Crippen molar-refractivity contribution in [3.63, 3.8) is 0 Å². The first-order valence-electron chi connectivity index (χ1n) is 2.97. The standard InChI is InChI=1S/C7H14O/c1-4-5-6(2)7(3)8/h4,6-8H,1,5H2,2-3H3/t6-,7+/m1/s1. The lowest BCUT2D eigenvalue weighted by Gasteiger charge is -2.10. The van der Waals surface area contributed by atoms with E-state index in [1.807, 2.05) is 13.0 Å². The third-order valence-electron chi connectivity index (χ3n) is 1.36. The molecule has 2 atom stereocenters. The van der Waals surface area contributed by atoms with Gasteiger partial charge in [-0.2, -0.15) is 0 Å². The number of hydrogen-bond acceptors (Lipinski definition) is 1. The molecule has 1 nitrogen and oxygen atoms in total.